The van der Waals surface area contributed by atoms with Crippen LogP contribution < -0.4 is 5.73 Å². The van der Waals surface area contributed by atoms with Gasteiger partial charge in [0.15, 0.2) is 0 Å². The van der Waals surface area contributed by atoms with Crippen LogP contribution in [0.2, 0.25) is 0 Å². The minimum absolute atomic E-state index is 0.408. The number of nitrogens with zero attached hydrogens (tertiary/aromatic N) is 1. The summed E-state index contributed by atoms with van der Waals surface area (Å²) in [6.45, 7) is 2.89. The van der Waals surface area contributed by atoms with E-state index in [1.54, 1.807) is 6.07 Å². The molecule has 0 unspecified atom stereocenters. The molecule has 1 aromatic heterocycles. The Hall–Kier alpha value is -2.59. The first-order valence-corrected chi connectivity index (χ1v) is 9.87. The summed E-state index contributed by atoms with van der Waals surface area (Å²) in [5.41, 5.74) is 10.8. The molecule has 135 valence electrons. The Kier molecular flexibility index (Phi) is 4.75. The molecule has 0 aliphatic carbocycles. The van der Waals surface area contributed by atoms with Crippen molar-refractivity contribution in [1.82, 2.24) is 4.57 Å². The number of hydrogen-bond donors (Lipinski definition) is 1. The van der Waals surface area contributed by atoms with E-state index in [-0.39, 0.29) is 0 Å². The first-order valence-electron chi connectivity index (χ1n) is 9.08. The van der Waals surface area contributed by atoms with Crippen LogP contribution in [0.1, 0.15) is 34.8 Å². The fourth-order valence-electron chi connectivity index (χ4n) is 3.68. The number of hydrogen-bond acceptors (Lipinski definition) is 1. The van der Waals surface area contributed by atoms with E-state index in [1.165, 1.54) is 11.1 Å². The molecule has 1 radical (unpaired) electrons. The summed E-state index contributed by atoms with van der Waals surface area (Å²) in [6, 6.07) is 21.7. The molecular weight excluding hydrogens is 400 g/mol. The van der Waals surface area contributed by atoms with E-state index in [4.69, 9.17) is 5.73 Å². The van der Waals surface area contributed by atoms with Crippen molar-refractivity contribution in [2.75, 3.05) is 0 Å². The number of aryl methyl sites for hydroxylation is 1. The Morgan fingerprint density at radius 2 is 1.89 bits per heavy atom. The van der Waals surface area contributed by atoms with Gasteiger partial charge in [0.1, 0.15) is 0 Å². The molecule has 27 heavy (non-hydrogen) atoms. The topological polar surface area (TPSA) is 48.0 Å². The van der Waals surface area contributed by atoms with Gasteiger partial charge in [-0.3, -0.25) is 4.79 Å². The van der Waals surface area contributed by atoms with Gasteiger partial charge in [-0.15, -0.1) is 0 Å². The molecule has 0 saturated heterocycles. The van der Waals surface area contributed by atoms with Crippen LogP contribution in [0.3, 0.4) is 0 Å². The molecule has 2 N–H and O–H groups in total. The van der Waals surface area contributed by atoms with E-state index < -0.39 is 5.91 Å². The van der Waals surface area contributed by atoms with Gasteiger partial charge in [0.05, 0.1) is 11.0 Å². The van der Waals surface area contributed by atoms with Crippen LogP contribution in [-0.4, -0.2) is 10.5 Å². The smallest absolute Gasteiger partial charge is 0.249 e. The Morgan fingerprint density at radius 1 is 1.11 bits per heavy atom. The molecule has 4 rings (SSSR count). The molecule has 4 aromatic rings. The summed E-state index contributed by atoms with van der Waals surface area (Å²) in [6.07, 6.45) is 2.09. The molecule has 1 amide bonds. The average Bonchev–Trinajstić information content (AvgIpc) is 2.97. The summed E-state index contributed by atoms with van der Waals surface area (Å²) in [7, 11) is 0. The lowest BCUT2D eigenvalue weighted by Gasteiger charge is -2.09. The van der Waals surface area contributed by atoms with Gasteiger partial charge in [-0.2, -0.15) is 0 Å². The highest BCUT2D eigenvalue weighted by atomic mass is 79.9. The molecule has 3 aromatic carbocycles. The Labute approximate surface area is 166 Å². The van der Waals surface area contributed by atoms with Crippen LogP contribution in [0.15, 0.2) is 59.1 Å². The zero-order chi connectivity index (χ0) is 19.0. The molecule has 0 spiro atoms. The van der Waals surface area contributed by atoms with E-state index in [0.717, 1.165) is 45.7 Å². The molecule has 0 saturated carbocycles. The fraction of sp³-hybridized carbons (Fsp3) is 0.174. The molecule has 3 nitrogen and oxygen atoms in total. The summed E-state index contributed by atoms with van der Waals surface area (Å²) < 4.78 is 3.32. The van der Waals surface area contributed by atoms with Gasteiger partial charge in [-0.1, -0.05) is 53.5 Å². The van der Waals surface area contributed by atoms with Crippen molar-refractivity contribution in [3.05, 3.63) is 81.8 Å². The maximum Gasteiger partial charge on any atom is 0.249 e. The number of nitrogens with two attached hydrogens (primary N) is 1. The van der Waals surface area contributed by atoms with E-state index in [2.05, 4.69) is 51.7 Å². The van der Waals surface area contributed by atoms with Crippen LogP contribution in [-0.2, 0) is 13.0 Å². The third kappa shape index (κ3) is 3.26. The predicted octanol–water partition coefficient (Wildman–Crippen LogP) is 5.46. The van der Waals surface area contributed by atoms with Gasteiger partial charge >= 0.3 is 0 Å². The predicted molar refractivity (Wildman–Crippen MR) is 114 cm³/mol. The third-order valence-electron chi connectivity index (χ3n) is 4.91. The van der Waals surface area contributed by atoms with Gasteiger partial charge < -0.3 is 10.3 Å². The highest BCUT2D eigenvalue weighted by molar-refractivity contribution is 9.10. The maximum atomic E-state index is 12.0. The van der Waals surface area contributed by atoms with Crippen LogP contribution >= 0.6 is 15.9 Å². The number of halogens is 1. The highest BCUT2D eigenvalue weighted by Crippen LogP contribution is 2.33. The van der Waals surface area contributed by atoms with E-state index in [1.807, 2.05) is 30.3 Å². The Morgan fingerprint density at radius 3 is 2.59 bits per heavy atom. The Balaban J connectivity index is 2.00. The second-order valence-corrected chi connectivity index (χ2v) is 7.71. The van der Waals surface area contributed by atoms with Crippen LogP contribution in [0.4, 0.5) is 0 Å². The number of primary amides is 1. The Bertz CT molecular complexity index is 1140. The largest absolute Gasteiger partial charge is 0.366 e. The molecule has 4 heteroatoms. The van der Waals surface area contributed by atoms with Crippen molar-refractivity contribution in [1.29, 1.82) is 0 Å². The maximum absolute atomic E-state index is 12.0. The first kappa shape index (κ1) is 17.8. The van der Waals surface area contributed by atoms with Gasteiger partial charge in [0, 0.05) is 27.4 Å². The molecule has 0 atom stereocenters. The van der Waals surface area contributed by atoms with Crippen molar-refractivity contribution >= 4 is 43.6 Å². The second kappa shape index (κ2) is 7.20. The average molecular weight is 420 g/mol. The quantitative estimate of drug-likeness (QED) is 0.458. The van der Waals surface area contributed by atoms with Crippen molar-refractivity contribution in [3.63, 3.8) is 0 Å². The van der Waals surface area contributed by atoms with Gasteiger partial charge in [-0.25, -0.2) is 0 Å². The normalized spacial score (nSPS) is 11.3. The lowest BCUT2D eigenvalue weighted by atomic mass is 10.0. The fourth-order valence-corrected chi connectivity index (χ4v) is 3.94. The van der Waals surface area contributed by atoms with Crippen LogP contribution in [0.25, 0.3) is 21.8 Å². The van der Waals surface area contributed by atoms with Gasteiger partial charge in [0.25, 0.3) is 0 Å². The summed E-state index contributed by atoms with van der Waals surface area (Å²) in [5, 5.41) is 1.84. The molecule has 1 heterocycles. The first-order chi connectivity index (χ1) is 13.1. The lowest BCUT2D eigenvalue weighted by molar-refractivity contribution is 0.100. The number of fused-ring (bicyclic) bond motifs is 3. The molecule has 0 aliphatic rings. The zero-order valence-electron chi connectivity index (χ0n) is 15.1. The number of amides is 1. The standard InChI is InChI=1S/C23H20BrN2O/c1-2-4-15-9-12-18-21(13-15)26(14-16-7-10-17(24)11-8-16)20-6-3-5-19(22(18)20)23(25)27/h3,5-11,13H,2,4,14H2,1H3,(H2,25,27). The second-order valence-electron chi connectivity index (χ2n) is 6.79. The third-order valence-corrected chi connectivity index (χ3v) is 5.44. The van der Waals surface area contributed by atoms with Crippen molar-refractivity contribution < 1.29 is 4.79 Å². The number of carbonyl (C=O) groups is 1. The van der Waals surface area contributed by atoms with Gasteiger partial charge in [0.2, 0.25) is 5.91 Å². The van der Waals surface area contributed by atoms with Crippen LogP contribution in [0, 0.1) is 6.07 Å². The van der Waals surface area contributed by atoms with E-state index in [9.17, 15) is 4.79 Å². The molecule has 0 aliphatic heterocycles. The number of benzene rings is 3. The van der Waals surface area contributed by atoms with E-state index >= 15 is 0 Å². The molecule has 0 bridgehead atoms. The molecular formula is C23H20BrN2O. The van der Waals surface area contributed by atoms with Crippen LogP contribution in [0.5, 0.6) is 0 Å². The summed E-state index contributed by atoms with van der Waals surface area (Å²) in [5.74, 6) is -0.408. The SMILES string of the molecule is CCCc1c[c]c2c3c(C(N)=O)cccc3n(Cc3ccc(Br)cc3)c2c1. The number of carbonyl (C=O) groups excluding carboxylic acids is 1. The van der Waals surface area contributed by atoms with Crippen molar-refractivity contribution in [2.24, 2.45) is 5.73 Å². The van der Waals surface area contributed by atoms with E-state index in [0.29, 0.717) is 5.56 Å². The lowest BCUT2D eigenvalue weighted by Crippen LogP contribution is -2.11. The highest BCUT2D eigenvalue weighted by Gasteiger charge is 2.17. The zero-order valence-corrected chi connectivity index (χ0v) is 16.7. The molecule has 0 fully saturated rings. The summed E-state index contributed by atoms with van der Waals surface area (Å²) >= 11 is 3.49. The number of rotatable bonds is 5. The minimum Gasteiger partial charge on any atom is -0.366 e. The monoisotopic (exact) mass is 419 g/mol. The van der Waals surface area contributed by atoms with Crippen molar-refractivity contribution in [2.45, 2.75) is 26.3 Å². The van der Waals surface area contributed by atoms with Gasteiger partial charge in [-0.05, 0) is 53.9 Å². The van der Waals surface area contributed by atoms with Crippen molar-refractivity contribution in [3.8, 4) is 0 Å². The number of aromatic nitrogens is 1. The minimum atomic E-state index is -0.408. The summed E-state index contributed by atoms with van der Waals surface area (Å²) in [4.78, 5) is 12.0.